The number of pyridine rings is 1. The van der Waals surface area contributed by atoms with Crippen LogP contribution in [0, 0.1) is 12.3 Å². The Morgan fingerprint density at radius 2 is 2.21 bits per heavy atom. The maximum absolute atomic E-state index is 10.3. The van der Waals surface area contributed by atoms with Crippen molar-refractivity contribution in [2.75, 3.05) is 0 Å². The average Bonchev–Trinajstić information content (AvgIpc) is 2.71. The molecule has 19 heavy (non-hydrogen) atoms. The summed E-state index contributed by atoms with van der Waals surface area (Å²) in [5.41, 5.74) is 3.26. The number of aliphatic hydroxyl groups excluding tert-OH is 1. The highest BCUT2D eigenvalue weighted by molar-refractivity contribution is 7.15. The minimum Gasteiger partial charge on any atom is -0.387 e. The van der Waals surface area contributed by atoms with Crippen LogP contribution in [0.5, 0.6) is 0 Å². The van der Waals surface area contributed by atoms with Crippen LogP contribution in [0.2, 0.25) is 0 Å². The first kappa shape index (κ1) is 12.8. The summed E-state index contributed by atoms with van der Waals surface area (Å²) in [5, 5.41) is 11.2. The molecule has 0 saturated carbocycles. The Morgan fingerprint density at radius 3 is 2.95 bits per heavy atom. The summed E-state index contributed by atoms with van der Waals surface area (Å²) in [6.45, 7) is 6.42. The maximum atomic E-state index is 10.3. The number of aromatic nitrogens is 2. The lowest BCUT2D eigenvalue weighted by Crippen LogP contribution is -2.24. The quantitative estimate of drug-likeness (QED) is 0.865. The van der Waals surface area contributed by atoms with E-state index in [0.29, 0.717) is 0 Å². The van der Waals surface area contributed by atoms with E-state index in [0.717, 1.165) is 34.1 Å². The first-order chi connectivity index (χ1) is 8.94. The fourth-order valence-corrected chi connectivity index (χ4v) is 3.69. The maximum Gasteiger partial charge on any atom is 0.142 e. The van der Waals surface area contributed by atoms with E-state index < -0.39 is 0 Å². The molecule has 0 aliphatic heterocycles. The molecule has 0 bridgehead atoms. The van der Waals surface area contributed by atoms with Gasteiger partial charge >= 0.3 is 0 Å². The summed E-state index contributed by atoms with van der Waals surface area (Å²) in [6, 6.07) is 4.02. The molecule has 1 aliphatic rings. The molecule has 4 heteroatoms. The van der Waals surface area contributed by atoms with Crippen molar-refractivity contribution in [2.24, 2.45) is 5.41 Å². The molecule has 0 amide bonds. The summed E-state index contributed by atoms with van der Waals surface area (Å²) in [6.07, 6.45) is 3.17. The van der Waals surface area contributed by atoms with Crippen LogP contribution in [0.4, 0.5) is 0 Å². The van der Waals surface area contributed by atoms with Gasteiger partial charge in [-0.2, -0.15) is 0 Å². The molecule has 0 aromatic carbocycles. The van der Waals surface area contributed by atoms with Crippen LogP contribution in [0.3, 0.4) is 0 Å². The van der Waals surface area contributed by atoms with E-state index in [-0.39, 0.29) is 11.5 Å². The molecular formula is C15H18N2OS. The zero-order chi connectivity index (χ0) is 13.6. The van der Waals surface area contributed by atoms with Gasteiger partial charge in [-0.05, 0) is 42.9 Å². The van der Waals surface area contributed by atoms with Gasteiger partial charge in [0.25, 0.3) is 0 Å². The second-order valence-corrected chi connectivity index (χ2v) is 7.14. The van der Waals surface area contributed by atoms with E-state index in [9.17, 15) is 5.11 Å². The van der Waals surface area contributed by atoms with E-state index >= 15 is 0 Å². The van der Waals surface area contributed by atoms with E-state index in [2.05, 4.69) is 25.8 Å². The Morgan fingerprint density at radius 1 is 1.42 bits per heavy atom. The zero-order valence-electron chi connectivity index (χ0n) is 11.5. The van der Waals surface area contributed by atoms with Crippen molar-refractivity contribution in [3.63, 3.8) is 0 Å². The first-order valence-corrected chi connectivity index (χ1v) is 7.37. The number of fused-ring (bicyclic) bond motifs is 1. The van der Waals surface area contributed by atoms with Gasteiger partial charge in [-0.1, -0.05) is 13.8 Å². The fourth-order valence-electron chi connectivity index (χ4n) is 2.65. The first-order valence-electron chi connectivity index (χ1n) is 6.55. The van der Waals surface area contributed by atoms with Crippen molar-refractivity contribution >= 4 is 11.3 Å². The molecule has 3 rings (SSSR count). The second-order valence-electron chi connectivity index (χ2n) is 6.11. The number of rotatable bonds is 1. The van der Waals surface area contributed by atoms with Crippen molar-refractivity contribution in [1.82, 2.24) is 9.97 Å². The molecule has 1 aliphatic carbocycles. The third-order valence-corrected chi connectivity index (χ3v) is 4.78. The van der Waals surface area contributed by atoms with Gasteiger partial charge < -0.3 is 5.11 Å². The second kappa shape index (κ2) is 4.39. The van der Waals surface area contributed by atoms with Crippen LogP contribution in [0.1, 0.15) is 42.5 Å². The number of thiazole rings is 1. The monoisotopic (exact) mass is 274 g/mol. The van der Waals surface area contributed by atoms with Crippen LogP contribution in [-0.2, 0) is 6.42 Å². The molecule has 3 nitrogen and oxygen atoms in total. The Balaban J connectivity index is 2.04. The van der Waals surface area contributed by atoms with Crippen LogP contribution >= 0.6 is 11.3 Å². The molecule has 1 unspecified atom stereocenters. The molecule has 1 N–H and O–H groups in total. The van der Waals surface area contributed by atoms with Crippen LogP contribution < -0.4 is 0 Å². The van der Waals surface area contributed by atoms with E-state index in [4.69, 9.17) is 4.98 Å². The van der Waals surface area contributed by atoms with Gasteiger partial charge in [0.2, 0.25) is 0 Å². The lowest BCUT2D eigenvalue weighted by atomic mass is 9.77. The lowest BCUT2D eigenvalue weighted by molar-refractivity contribution is 0.102. The smallest absolute Gasteiger partial charge is 0.142 e. The van der Waals surface area contributed by atoms with E-state index in [1.54, 1.807) is 11.3 Å². The largest absolute Gasteiger partial charge is 0.387 e. The highest BCUT2D eigenvalue weighted by Gasteiger charge is 2.34. The molecule has 100 valence electrons. The number of hydrogen-bond acceptors (Lipinski definition) is 4. The summed E-state index contributed by atoms with van der Waals surface area (Å²) in [4.78, 5) is 10.1. The molecule has 1 atom stereocenters. The standard InChI is InChI=1S/C15H18N2OS/c1-9-4-5-16-10(6-9)14-17-11-7-15(2,3)8-12(18)13(11)19-14/h4-6,12,18H,7-8H2,1-3H3. The molecular weight excluding hydrogens is 256 g/mol. The number of aryl methyl sites for hydroxylation is 1. The molecule has 2 heterocycles. The van der Waals surface area contributed by atoms with Gasteiger partial charge in [-0.15, -0.1) is 11.3 Å². The summed E-state index contributed by atoms with van der Waals surface area (Å²) in [7, 11) is 0. The van der Waals surface area contributed by atoms with Crippen LogP contribution in [0.15, 0.2) is 18.3 Å². The third-order valence-electron chi connectivity index (χ3n) is 3.56. The minimum atomic E-state index is -0.380. The molecule has 2 aromatic rings. The third kappa shape index (κ3) is 2.42. The van der Waals surface area contributed by atoms with Crippen molar-refractivity contribution in [3.05, 3.63) is 34.5 Å². The van der Waals surface area contributed by atoms with E-state index in [1.165, 1.54) is 5.56 Å². The summed E-state index contributed by atoms with van der Waals surface area (Å²) in [5.74, 6) is 0. The normalized spacial score (nSPS) is 21.2. The topological polar surface area (TPSA) is 46.0 Å². The van der Waals surface area contributed by atoms with E-state index in [1.807, 2.05) is 18.3 Å². The minimum absolute atomic E-state index is 0.123. The van der Waals surface area contributed by atoms with Gasteiger partial charge in [0.1, 0.15) is 5.01 Å². The van der Waals surface area contributed by atoms with Gasteiger partial charge in [0.05, 0.1) is 22.4 Å². The average molecular weight is 274 g/mol. The molecule has 0 spiro atoms. The Hall–Kier alpha value is -1.26. The fraction of sp³-hybridized carbons (Fsp3) is 0.467. The molecule has 0 fully saturated rings. The van der Waals surface area contributed by atoms with Crippen LogP contribution in [-0.4, -0.2) is 15.1 Å². The summed E-state index contributed by atoms with van der Waals surface area (Å²) >= 11 is 1.58. The summed E-state index contributed by atoms with van der Waals surface area (Å²) < 4.78 is 0. The van der Waals surface area contributed by atoms with Crippen molar-refractivity contribution < 1.29 is 5.11 Å². The van der Waals surface area contributed by atoms with Gasteiger partial charge in [-0.25, -0.2) is 4.98 Å². The Labute approximate surface area is 117 Å². The highest BCUT2D eigenvalue weighted by Crippen LogP contribution is 2.44. The van der Waals surface area contributed by atoms with Crippen molar-refractivity contribution in [2.45, 2.75) is 39.7 Å². The lowest BCUT2D eigenvalue weighted by Gasteiger charge is -2.31. The predicted molar refractivity (Wildman–Crippen MR) is 77.1 cm³/mol. The van der Waals surface area contributed by atoms with Gasteiger partial charge in [0.15, 0.2) is 0 Å². The SMILES string of the molecule is Cc1ccnc(-c2nc3c(s2)C(O)CC(C)(C)C3)c1. The van der Waals surface area contributed by atoms with Gasteiger partial charge in [0, 0.05) is 6.20 Å². The van der Waals surface area contributed by atoms with Crippen molar-refractivity contribution in [1.29, 1.82) is 0 Å². The van der Waals surface area contributed by atoms with Crippen LogP contribution in [0.25, 0.3) is 10.7 Å². The zero-order valence-corrected chi connectivity index (χ0v) is 12.3. The molecule has 0 radical (unpaired) electrons. The predicted octanol–water partition coefficient (Wildman–Crippen LogP) is 3.52. The number of aliphatic hydroxyl groups is 1. The molecule has 2 aromatic heterocycles. The Bertz CT molecular complexity index is 618. The Kier molecular flexibility index (Phi) is 2.95. The highest BCUT2D eigenvalue weighted by atomic mass is 32.1. The van der Waals surface area contributed by atoms with Gasteiger partial charge in [-0.3, -0.25) is 4.98 Å². The number of nitrogens with zero attached hydrogens (tertiary/aromatic N) is 2. The molecule has 0 saturated heterocycles. The number of hydrogen-bond donors (Lipinski definition) is 1. The van der Waals surface area contributed by atoms with Crippen molar-refractivity contribution in [3.8, 4) is 10.7 Å².